The van der Waals surface area contributed by atoms with Gasteiger partial charge in [0.1, 0.15) is 5.60 Å². The fourth-order valence-corrected chi connectivity index (χ4v) is 5.21. The molecule has 3 aromatic heterocycles. The van der Waals surface area contributed by atoms with Crippen LogP contribution >= 0.6 is 11.3 Å². The second-order valence-electron chi connectivity index (χ2n) is 9.80. The number of likely N-dealkylation sites (tertiary alicyclic amines) is 1. The highest BCUT2D eigenvalue weighted by atomic mass is 32.1. The molecule has 172 valence electrons. The molecular weight excluding hydrogens is 420 g/mol. The average Bonchev–Trinajstić information content (AvgIpc) is 3.44. The summed E-state index contributed by atoms with van der Waals surface area (Å²) in [4.78, 5) is 10.1. The van der Waals surface area contributed by atoms with Crippen molar-refractivity contribution in [1.29, 1.82) is 0 Å². The summed E-state index contributed by atoms with van der Waals surface area (Å²) in [5.74, 6) is 1.35. The van der Waals surface area contributed by atoms with Crippen LogP contribution in [0.3, 0.4) is 0 Å². The van der Waals surface area contributed by atoms with E-state index in [9.17, 15) is 5.11 Å². The zero-order valence-corrected chi connectivity index (χ0v) is 20.5. The SMILES string of the molecule is CN(c1nnc(C(C)(O)c2ccncc2)n1Cc1cccs1)C1CCN(C(C)(C)C)CC1. The fraction of sp³-hybridized carbons (Fsp3) is 0.542. The van der Waals surface area contributed by atoms with Gasteiger partial charge in [-0.1, -0.05) is 6.07 Å². The summed E-state index contributed by atoms with van der Waals surface area (Å²) in [6.07, 6.45) is 5.55. The number of piperidine rings is 1. The smallest absolute Gasteiger partial charge is 0.227 e. The van der Waals surface area contributed by atoms with Crippen LogP contribution < -0.4 is 4.90 Å². The van der Waals surface area contributed by atoms with Crippen molar-refractivity contribution >= 4 is 17.3 Å². The lowest BCUT2D eigenvalue weighted by molar-refractivity contribution is 0.0878. The number of anilines is 1. The third-order valence-corrected chi connectivity index (χ3v) is 7.44. The molecule has 1 unspecified atom stereocenters. The molecule has 3 aromatic rings. The minimum atomic E-state index is -1.28. The van der Waals surface area contributed by atoms with Crippen LogP contribution in [0.5, 0.6) is 0 Å². The van der Waals surface area contributed by atoms with E-state index in [4.69, 9.17) is 0 Å². The molecule has 1 N–H and O–H groups in total. The van der Waals surface area contributed by atoms with Gasteiger partial charge >= 0.3 is 0 Å². The van der Waals surface area contributed by atoms with E-state index in [-0.39, 0.29) is 5.54 Å². The molecule has 0 aliphatic carbocycles. The van der Waals surface area contributed by atoms with Crippen molar-refractivity contribution in [2.24, 2.45) is 0 Å². The average molecular weight is 455 g/mol. The van der Waals surface area contributed by atoms with Crippen molar-refractivity contribution < 1.29 is 5.11 Å². The Kier molecular flexibility index (Phi) is 6.38. The molecule has 1 atom stereocenters. The predicted octanol–water partition coefficient (Wildman–Crippen LogP) is 3.74. The van der Waals surface area contributed by atoms with E-state index in [0.29, 0.717) is 18.4 Å². The van der Waals surface area contributed by atoms with E-state index in [0.717, 1.165) is 37.4 Å². The van der Waals surface area contributed by atoms with Crippen molar-refractivity contribution in [3.63, 3.8) is 0 Å². The Morgan fingerprint density at radius 3 is 2.38 bits per heavy atom. The predicted molar refractivity (Wildman–Crippen MR) is 129 cm³/mol. The van der Waals surface area contributed by atoms with Gasteiger partial charge in [0.25, 0.3) is 0 Å². The molecule has 0 radical (unpaired) electrons. The van der Waals surface area contributed by atoms with Crippen LogP contribution in [0.2, 0.25) is 0 Å². The zero-order valence-electron chi connectivity index (χ0n) is 19.7. The highest BCUT2D eigenvalue weighted by Gasteiger charge is 2.36. The molecule has 4 heterocycles. The lowest BCUT2D eigenvalue weighted by Gasteiger charge is -2.43. The van der Waals surface area contributed by atoms with Crippen molar-refractivity contribution in [2.45, 2.75) is 64.3 Å². The van der Waals surface area contributed by atoms with E-state index in [2.05, 4.69) is 74.9 Å². The normalized spacial score (nSPS) is 17.9. The summed E-state index contributed by atoms with van der Waals surface area (Å²) in [7, 11) is 2.11. The maximum absolute atomic E-state index is 11.5. The van der Waals surface area contributed by atoms with Gasteiger partial charge in [-0.25, -0.2) is 0 Å². The molecule has 32 heavy (non-hydrogen) atoms. The Hall–Kier alpha value is -2.29. The Morgan fingerprint density at radius 1 is 1.09 bits per heavy atom. The summed E-state index contributed by atoms with van der Waals surface area (Å²) in [6, 6.07) is 8.21. The molecular formula is C24H34N6OS. The second-order valence-corrected chi connectivity index (χ2v) is 10.8. The first-order valence-corrected chi connectivity index (χ1v) is 12.1. The molecule has 1 fully saturated rings. The van der Waals surface area contributed by atoms with E-state index in [1.807, 2.05) is 12.1 Å². The largest absolute Gasteiger partial charge is 0.377 e. The molecule has 0 bridgehead atoms. The van der Waals surface area contributed by atoms with Crippen molar-refractivity contribution in [2.75, 3.05) is 25.0 Å². The molecule has 0 amide bonds. The van der Waals surface area contributed by atoms with Gasteiger partial charge in [0.05, 0.1) is 6.54 Å². The molecule has 0 aromatic carbocycles. The highest BCUT2D eigenvalue weighted by molar-refractivity contribution is 7.09. The summed E-state index contributed by atoms with van der Waals surface area (Å²) in [6.45, 7) is 11.4. The van der Waals surface area contributed by atoms with Gasteiger partial charge < -0.3 is 10.0 Å². The summed E-state index contributed by atoms with van der Waals surface area (Å²) < 4.78 is 2.07. The van der Waals surface area contributed by atoms with Gasteiger partial charge in [-0.3, -0.25) is 14.5 Å². The number of pyridine rings is 1. The Balaban J connectivity index is 1.65. The maximum atomic E-state index is 11.5. The number of hydrogen-bond acceptors (Lipinski definition) is 7. The molecule has 0 spiro atoms. The Bertz CT molecular complexity index is 1000. The third-order valence-electron chi connectivity index (χ3n) is 6.58. The van der Waals surface area contributed by atoms with Crippen molar-refractivity contribution in [3.05, 3.63) is 58.3 Å². The van der Waals surface area contributed by atoms with Crippen LogP contribution in [0.4, 0.5) is 5.95 Å². The first-order valence-electron chi connectivity index (χ1n) is 11.2. The van der Waals surface area contributed by atoms with Crippen molar-refractivity contribution in [3.8, 4) is 0 Å². The number of nitrogens with zero attached hydrogens (tertiary/aromatic N) is 6. The standard InChI is InChI=1S/C24H34N6OS/c1-23(2,3)29-14-10-19(11-15-29)28(5)22-27-26-21(30(22)17-20-7-6-16-32-20)24(4,31)18-8-12-25-13-9-18/h6-9,12-13,16,19,31H,10-11,14-15,17H2,1-5H3. The second kappa shape index (κ2) is 8.92. The van der Waals surface area contributed by atoms with Crippen LogP contribution in [-0.4, -0.2) is 61.5 Å². The van der Waals surface area contributed by atoms with Crippen molar-refractivity contribution in [1.82, 2.24) is 24.6 Å². The minimum absolute atomic E-state index is 0.194. The summed E-state index contributed by atoms with van der Waals surface area (Å²) >= 11 is 1.70. The van der Waals surface area contributed by atoms with E-state index < -0.39 is 5.60 Å². The first kappa shape index (κ1) is 22.9. The molecule has 0 saturated carbocycles. The number of thiophene rings is 1. The lowest BCUT2D eigenvalue weighted by atomic mass is 9.96. The third kappa shape index (κ3) is 4.58. The van der Waals surface area contributed by atoms with Gasteiger partial charge in [-0.2, -0.15) is 0 Å². The fourth-order valence-electron chi connectivity index (χ4n) is 4.51. The van der Waals surface area contributed by atoms with Gasteiger partial charge in [-0.15, -0.1) is 21.5 Å². The van der Waals surface area contributed by atoms with E-state index >= 15 is 0 Å². The van der Waals surface area contributed by atoms with E-state index in [1.54, 1.807) is 30.7 Å². The number of aromatic nitrogens is 4. The monoisotopic (exact) mass is 454 g/mol. The topological polar surface area (TPSA) is 70.3 Å². The molecule has 1 aliphatic heterocycles. The Morgan fingerprint density at radius 2 is 1.78 bits per heavy atom. The zero-order chi connectivity index (χ0) is 22.9. The molecule has 7 nitrogen and oxygen atoms in total. The lowest BCUT2D eigenvalue weighted by Crippen LogP contribution is -2.50. The Labute approximate surface area is 194 Å². The molecule has 1 aliphatic rings. The summed E-state index contributed by atoms with van der Waals surface area (Å²) in [5.41, 5.74) is -0.332. The quantitative estimate of drug-likeness (QED) is 0.612. The number of hydrogen-bond donors (Lipinski definition) is 1. The van der Waals surface area contributed by atoms with Gasteiger partial charge in [0.2, 0.25) is 5.95 Å². The highest BCUT2D eigenvalue weighted by Crippen LogP contribution is 2.32. The molecule has 8 heteroatoms. The van der Waals surface area contributed by atoms with Crippen LogP contribution in [0, 0.1) is 0 Å². The first-order chi connectivity index (χ1) is 15.2. The summed E-state index contributed by atoms with van der Waals surface area (Å²) in [5, 5.41) is 22.7. The van der Waals surface area contributed by atoms with E-state index in [1.165, 1.54) is 4.88 Å². The van der Waals surface area contributed by atoms with Gasteiger partial charge in [0.15, 0.2) is 5.82 Å². The van der Waals surface area contributed by atoms with Crippen LogP contribution in [0.25, 0.3) is 0 Å². The van der Waals surface area contributed by atoms with Crippen LogP contribution in [0.15, 0.2) is 42.0 Å². The van der Waals surface area contributed by atoms with Gasteiger partial charge in [-0.05, 0) is 69.7 Å². The number of aliphatic hydroxyl groups is 1. The number of rotatable bonds is 6. The molecule has 4 rings (SSSR count). The maximum Gasteiger partial charge on any atom is 0.227 e. The minimum Gasteiger partial charge on any atom is -0.377 e. The van der Waals surface area contributed by atoms with Gasteiger partial charge in [0, 0.05) is 49.0 Å². The van der Waals surface area contributed by atoms with Crippen LogP contribution in [-0.2, 0) is 12.1 Å². The van der Waals surface area contributed by atoms with Crippen LogP contribution in [0.1, 0.15) is 56.8 Å². The molecule has 1 saturated heterocycles.